The van der Waals surface area contributed by atoms with E-state index in [1.54, 1.807) is 24.4 Å². The number of benzene rings is 1. The fraction of sp³-hybridized carbons (Fsp3) is 0.294. The summed E-state index contributed by atoms with van der Waals surface area (Å²) < 4.78 is 6.95. The molecule has 3 aromatic rings. The minimum absolute atomic E-state index is 0.0992. The van der Waals surface area contributed by atoms with E-state index < -0.39 is 31.1 Å². The van der Waals surface area contributed by atoms with Crippen molar-refractivity contribution in [3.8, 4) is 0 Å². The highest BCUT2D eigenvalue weighted by Gasteiger charge is 2.44. The Bertz CT molecular complexity index is 1060. The maximum atomic E-state index is 10.3. The first-order chi connectivity index (χ1) is 14.0. The van der Waals surface area contributed by atoms with Crippen LogP contribution in [0.4, 0.5) is 17.5 Å². The Morgan fingerprint density at radius 1 is 1.24 bits per heavy atom. The highest BCUT2D eigenvalue weighted by molar-refractivity contribution is 5.84. The second-order valence-electron chi connectivity index (χ2n) is 6.53. The fourth-order valence-corrected chi connectivity index (χ4v) is 3.09. The van der Waals surface area contributed by atoms with Crippen molar-refractivity contribution >= 4 is 34.8 Å². The number of hydrogen-bond acceptors (Lipinski definition) is 11. The molecule has 0 radical (unpaired) electrons. The Balaban J connectivity index is 1.62. The molecule has 152 valence electrons. The molecule has 12 heteroatoms. The molecule has 3 heterocycles. The third-order valence-electron chi connectivity index (χ3n) is 4.53. The molecule has 1 unspecified atom stereocenters. The number of rotatable bonds is 5. The number of nitrogens with one attached hydrogen (secondary N) is 1. The molecule has 0 bridgehead atoms. The van der Waals surface area contributed by atoms with E-state index in [0.717, 1.165) is 5.56 Å². The molecule has 1 aliphatic heterocycles. The predicted molar refractivity (Wildman–Crippen MR) is 105 cm³/mol. The van der Waals surface area contributed by atoms with E-state index in [1.165, 1.54) is 10.9 Å². The Labute approximate surface area is 164 Å². The molecule has 12 nitrogen and oxygen atoms in total. The van der Waals surface area contributed by atoms with E-state index in [1.807, 2.05) is 6.07 Å². The molecule has 0 saturated carbocycles. The van der Waals surface area contributed by atoms with Crippen molar-refractivity contribution in [1.82, 2.24) is 19.5 Å². The van der Waals surface area contributed by atoms with Crippen LogP contribution in [-0.4, -0.2) is 66.0 Å². The van der Waals surface area contributed by atoms with Crippen LogP contribution in [0.25, 0.3) is 11.2 Å². The standard InChI is InChI=1S/C17H20N8O4/c18-9-3-1-2-8(4-9)5-21-24-17-22-14(19)11-15(23-17)25(7-20-11)16-13(28)12(27)10(6-26)29-16/h1-5,7,10,12-13,16,26-28H,6,18H2,(H3,19,22,23,24)/t10-,12-,13-,16?/m1/s1. The lowest BCUT2D eigenvalue weighted by Gasteiger charge is -2.16. The van der Waals surface area contributed by atoms with Crippen molar-refractivity contribution < 1.29 is 20.1 Å². The number of hydrazone groups is 1. The SMILES string of the molecule is Nc1cccc(C=NNc2nc(N)c3ncn(C4O[C@H](CO)[C@@H](O)[C@H]4O)c3n2)c1. The van der Waals surface area contributed by atoms with Crippen LogP contribution in [0.5, 0.6) is 0 Å². The summed E-state index contributed by atoms with van der Waals surface area (Å²) in [5.41, 5.74) is 16.3. The molecule has 4 rings (SSSR count). The quantitative estimate of drug-likeness (QED) is 0.177. The van der Waals surface area contributed by atoms with Gasteiger partial charge in [-0.15, -0.1) is 0 Å². The maximum absolute atomic E-state index is 10.3. The number of fused-ring (bicyclic) bond motifs is 1. The zero-order valence-corrected chi connectivity index (χ0v) is 15.1. The van der Waals surface area contributed by atoms with E-state index in [2.05, 4.69) is 25.5 Å². The Hall–Kier alpha value is -3.32. The minimum Gasteiger partial charge on any atom is -0.399 e. The summed E-state index contributed by atoms with van der Waals surface area (Å²) in [6, 6.07) is 7.15. The van der Waals surface area contributed by atoms with Gasteiger partial charge in [0.2, 0.25) is 5.95 Å². The first-order valence-corrected chi connectivity index (χ1v) is 8.75. The van der Waals surface area contributed by atoms with E-state index >= 15 is 0 Å². The third-order valence-corrected chi connectivity index (χ3v) is 4.53. The average Bonchev–Trinajstić information content (AvgIpc) is 3.24. The second-order valence-corrected chi connectivity index (χ2v) is 6.53. The van der Waals surface area contributed by atoms with Crippen molar-refractivity contribution in [3.05, 3.63) is 36.2 Å². The van der Waals surface area contributed by atoms with Crippen LogP contribution in [-0.2, 0) is 4.74 Å². The van der Waals surface area contributed by atoms with Gasteiger partial charge in [-0.1, -0.05) is 12.1 Å². The minimum atomic E-state index is -1.28. The molecule has 1 aliphatic rings. The van der Waals surface area contributed by atoms with Gasteiger partial charge in [0, 0.05) is 5.69 Å². The first kappa shape index (κ1) is 19.0. The van der Waals surface area contributed by atoms with Gasteiger partial charge in [0.25, 0.3) is 0 Å². The van der Waals surface area contributed by atoms with Crippen LogP contribution < -0.4 is 16.9 Å². The normalized spacial score (nSPS) is 24.5. The number of aliphatic hydroxyl groups excluding tert-OH is 3. The van der Waals surface area contributed by atoms with Gasteiger partial charge >= 0.3 is 0 Å². The topological polar surface area (TPSA) is 190 Å². The molecule has 0 aliphatic carbocycles. The van der Waals surface area contributed by atoms with Crippen molar-refractivity contribution in [2.75, 3.05) is 23.5 Å². The first-order valence-electron chi connectivity index (χ1n) is 8.75. The van der Waals surface area contributed by atoms with E-state index in [4.69, 9.17) is 16.2 Å². The van der Waals surface area contributed by atoms with Gasteiger partial charge in [-0.25, -0.2) is 10.4 Å². The highest BCUT2D eigenvalue weighted by atomic mass is 16.6. The number of aliphatic hydroxyl groups is 3. The van der Waals surface area contributed by atoms with E-state index in [-0.39, 0.29) is 17.4 Å². The summed E-state index contributed by atoms with van der Waals surface area (Å²) in [6.45, 7) is -0.440. The number of imidazole rings is 1. The lowest BCUT2D eigenvalue weighted by atomic mass is 10.1. The van der Waals surface area contributed by atoms with Crippen LogP contribution in [0.2, 0.25) is 0 Å². The van der Waals surface area contributed by atoms with Crippen molar-refractivity contribution in [2.45, 2.75) is 24.5 Å². The molecule has 8 N–H and O–H groups in total. The largest absolute Gasteiger partial charge is 0.399 e. The molecular weight excluding hydrogens is 380 g/mol. The second kappa shape index (κ2) is 7.60. The van der Waals surface area contributed by atoms with Crippen LogP contribution in [0.1, 0.15) is 11.8 Å². The molecule has 4 atom stereocenters. The smallest absolute Gasteiger partial charge is 0.247 e. The third kappa shape index (κ3) is 3.56. The summed E-state index contributed by atoms with van der Waals surface area (Å²) in [6.07, 6.45) is -1.53. The average molecular weight is 400 g/mol. The lowest BCUT2D eigenvalue weighted by Crippen LogP contribution is -2.33. The van der Waals surface area contributed by atoms with E-state index in [0.29, 0.717) is 11.2 Å². The molecule has 1 saturated heterocycles. The van der Waals surface area contributed by atoms with Gasteiger partial charge in [0.15, 0.2) is 17.7 Å². The number of anilines is 3. The summed E-state index contributed by atoms with van der Waals surface area (Å²) in [5.74, 6) is 0.200. The number of nitrogens with zero attached hydrogens (tertiary/aromatic N) is 5. The Morgan fingerprint density at radius 3 is 2.79 bits per heavy atom. The fourth-order valence-electron chi connectivity index (χ4n) is 3.09. The number of nitrogen functional groups attached to an aromatic ring is 2. The number of ether oxygens (including phenoxy) is 1. The zero-order valence-electron chi connectivity index (χ0n) is 15.1. The molecule has 1 fully saturated rings. The summed E-state index contributed by atoms with van der Waals surface area (Å²) >= 11 is 0. The Kier molecular flexibility index (Phi) is 4.98. The van der Waals surface area contributed by atoms with E-state index in [9.17, 15) is 15.3 Å². The lowest BCUT2D eigenvalue weighted by molar-refractivity contribution is -0.0511. The van der Waals surface area contributed by atoms with Gasteiger partial charge in [0.1, 0.15) is 23.8 Å². The van der Waals surface area contributed by atoms with Crippen LogP contribution in [0.15, 0.2) is 35.7 Å². The number of aromatic nitrogens is 4. The molecule has 0 spiro atoms. The number of hydrogen-bond donors (Lipinski definition) is 6. The van der Waals surface area contributed by atoms with Crippen molar-refractivity contribution in [2.24, 2.45) is 5.10 Å². The molecule has 2 aromatic heterocycles. The molecule has 29 heavy (non-hydrogen) atoms. The summed E-state index contributed by atoms with van der Waals surface area (Å²) in [7, 11) is 0. The monoisotopic (exact) mass is 400 g/mol. The zero-order chi connectivity index (χ0) is 20.5. The summed E-state index contributed by atoms with van der Waals surface area (Å²) in [5, 5.41) is 33.6. The van der Waals surface area contributed by atoms with Crippen molar-refractivity contribution in [1.29, 1.82) is 0 Å². The van der Waals surface area contributed by atoms with Crippen molar-refractivity contribution in [3.63, 3.8) is 0 Å². The van der Waals surface area contributed by atoms with Gasteiger partial charge in [-0.2, -0.15) is 15.1 Å². The van der Waals surface area contributed by atoms with Gasteiger partial charge in [-0.05, 0) is 17.7 Å². The molecular formula is C17H20N8O4. The highest BCUT2D eigenvalue weighted by Crippen LogP contribution is 2.32. The summed E-state index contributed by atoms with van der Waals surface area (Å²) in [4.78, 5) is 12.6. The van der Waals surface area contributed by atoms with Gasteiger partial charge in [-0.3, -0.25) is 4.57 Å². The molecule has 0 amide bonds. The van der Waals surface area contributed by atoms with Crippen LogP contribution in [0, 0.1) is 0 Å². The van der Waals surface area contributed by atoms with Gasteiger partial charge in [0.05, 0.1) is 19.1 Å². The predicted octanol–water partition coefficient (Wildman–Crippen LogP) is -0.952. The van der Waals surface area contributed by atoms with Crippen LogP contribution >= 0.6 is 0 Å². The Morgan fingerprint density at radius 2 is 2.07 bits per heavy atom. The molecule has 1 aromatic carbocycles. The number of nitrogens with two attached hydrogens (primary N) is 2. The maximum Gasteiger partial charge on any atom is 0.247 e. The van der Waals surface area contributed by atoms with Gasteiger partial charge < -0.3 is 31.5 Å². The van der Waals surface area contributed by atoms with Crippen LogP contribution in [0.3, 0.4) is 0 Å².